The summed E-state index contributed by atoms with van der Waals surface area (Å²) in [5.74, 6) is -0.476. The average Bonchev–Trinajstić information content (AvgIpc) is 3.99. The average molecular weight is 961 g/mol. The van der Waals surface area contributed by atoms with Gasteiger partial charge in [-0.15, -0.1) is 0 Å². The fraction of sp³-hybridized carbons (Fsp3) is 0.172. The topological polar surface area (TPSA) is 153 Å². The zero-order valence-corrected chi connectivity index (χ0v) is 39.1. The number of non-ortho nitro benzene ring substituents is 1. The Morgan fingerprint density at radius 1 is 0.681 bits per heavy atom. The first-order valence-electron chi connectivity index (χ1n) is 23.6. The molecule has 1 saturated heterocycles. The van der Waals surface area contributed by atoms with Crippen LogP contribution in [-0.2, 0) is 36.6 Å². The third kappa shape index (κ3) is 9.33. The molecule has 1 aliphatic rings. The van der Waals surface area contributed by atoms with Crippen molar-refractivity contribution >= 4 is 28.7 Å². The van der Waals surface area contributed by atoms with E-state index in [0.29, 0.717) is 6.42 Å². The summed E-state index contributed by atoms with van der Waals surface area (Å²) in [5, 5.41) is 14.0. The number of carbonyl (C=O) groups excluding carboxylic acids is 1. The van der Waals surface area contributed by atoms with Gasteiger partial charge in [-0.05, 0) is 38.9 Å². The highest BCUT2D eigenvalue weighted by molar-refractivity contribution is 5.88. The smallest absolute Gasteiger partial charge is 0.269 e. The fourth-order valence-corrected chi connectivity index (χ4v) is 9.52. The van der Waals surface area contributed by atoms with Gasteiger partial charge in [0, 0.05) is 25.5 Å². The first-order valence-corrected chi connectivity index (χ1v) is 23.6. The second kappa shape index (κ2) is 20.9. The summed E-state index contributed by atoms with van der Waals surface area (Å²) in [6.45, 7) is 1.19. The van der Waals surface area contributed by atoms with Crippen molar-refractivity contribution in [3.8, 4) is 5.88 Å². The lowest BCUT2D eigenvalue weighted by molar-refractivity contribution is -0.384. The Labute approximate surface area is 415 Å². The number of fused-ring (bicyclic) bond motifs is 1. The number of ether oxygens (including phenoxy) is 4. The van der Waals surface area contributed by atoms with Gasteiger partial charge < -0.3 is 18.9 Å². The number of nitrogens with one attached hydrogen (secondary N) is 1. The lowest BCUT2D eigenvalue weighted by atomic mass is 9.79. The number of hydrogen-bond donors (Lipinski definition) is 1. The minimum Gasteiger partial charge on any atom is -0.476 e. The van der Waals surface area contributed by atoms with Gasteiger partial charge in [0.2, 0.25) is 17.7 Å². The molecule has 1 fully saturated rings. The van der Waals surface area contributed by atoms with Crippen molar-refractivity contribution in [3.05, 3.63) is 262 Å². The van der Waals surface area contributed by atoms with Crippen LogP contribution < -0.4 is 10.1 Å². The zero-order chi connectivity index (χ0) is 49.5. The first-order chi connectivity index (χ1) is 35.2. The van der Waals surface area contributed by atoms with Crippen molar-refractivity contribution in [2.75, 3.05) is 18.5 Å². The Balaban J connectivity index is 1.10. The van der Waals surface area contributed by atoms with Crippen LogP contribution in [0.2, 0.25) is 0 Å². The monoisotopic (exact) mass is 960 g/mol. The number of anilines is 1. The number of rotatable bonds is 18. The van der Waals surface area contributed by atoms with Gasteiger partial charge in [0.15, 0.2) is 23.6 Å². The zero-order valence-electron chi connectivity index (χ0n) is 39.1. The molecular weight excluding hydrogens is 912 g/mol. The summed E-state index contributed by atoms with van der Waals surface area (Å²) in [6, 6.07) is 64.8. The molecule has 0 radical (unpaired) electrons. The Morgan fingerprint density at radius 3 is 1.58 bits per heavy atom. The number of imidazole rings is 1. The minimum atomic E-state index is -1.84. The Hall–Kier alpha value is -8.43. The maximum atomic E-state index is 18.6. The van der Waals surface area contributed by atoms with E-state index in [2.05, 4.69) is 10.3 Å². The Kier molecular flexibility index (Phi) is 13.7. The predicted octanol–water partition coefficient (Wildman–Crippen LogP) is 10.9. The van der Waals surface area contributed by atoms with Crippen LogP contribution in [0.15, 0.2) is 213 Å². The van der Waals surface area contributed by atoms with Crippen LogP contribution in [0, 0.1) is 10.1 Å². The Bertz CT molecular complexity index is 3050. The van der Waals surface area contributed by atoms with Crippen molar-refractivity contribution < 1.29 is 33.1 Å². The summed E-state index contributed by atoms with van der Waals surface area (Å²) in [4.78, 5) is 37.4. The molecule has 1 amide bonds. The third-order valence-electron chi connectivity index (χ3n) is 12.9. The van der Waals surface area contributed by atoms with Gasteiger partial charge in [0.25, 0.3) is 5.69 Å². The normalized spacial score (nSPS) is 16.9. The number of benzene rings is 7. The summed E-state index contributed by atoms with van der Waals surface area (Å²) < 4.78 is 48.2. The molecule has 360 valence electrons. The molecule has 14 heteroatoms. The maximum absolute atomic E-state index is 18.6. The molecule has 0 saturated carbocycles. The highest BCUT2D eigenvalue weighted by Gasteiger charge is 2.53. The van der Waals surface area contributed by atoms with Crippen molar-refractivity contribution in [3.63, 3.8) is 0 Å². The summed E-state index contributed by atoms with van der Waals surface area (Å²) in [6.07, 6.45) is -3.85. The molecule has 0 unspecified atom stereocenters. The molecule has 3 heterocycles. The second-order valence-corrected chi connectivity index (χ2v) is 17.3. The molecule has 0 bridgehead atoms. The quantitative estimate of drug-likeness (QED) is 0.0499. The number of nitrogens with zero attached hydrogens (tertiary/aromatic N) is 5. The SMILES string of the molecule is CC(=O)Nc1nc(OCCc2ccc([N+](=O)[O-])cc2)c2ncn([C@@H]3O[C@H](COC(c4ccccc4)(c4ccccc4)c4ccccc4)[C@@H](F)[C@H]3OC(c3ccccc3)(c3ccccc3)c3ccccc3)c2n1. The van der Waals surface area contributed by atoms with Gasteiger partial charge in [0.05, 0.1) is 24.5 Å². The molecule has 7 aromatic carbocycles. The van der Waals surface area contributed by atoms with E-state index in [-0.39, 0.29) is 41.9 Å². The van der Waals surface area contributed by atoms with Crippen LogP contribution >= 0.6 is 0 Å². The maximum Gasteiger partial charge on any atom is 0.269 e. The van der Waals surface area contributed by atoms with Crippen LogP contribution in [0.5, 0.6) is 5.88 Å². The van der Waals surface area contributed by atoms with E-state index in [4.69, 9.17) is 28.9 Å². The fourth-order valence-electron chi connectivity index (χ4n) is 9.52. The first kappa shape index (κ1) is 47.3. The molecule has 72 heavy (non-hydrogen) atoms. The second-order valence-electron chi connectivity index (χ2n) is 17.3. The molecule has 0 spiro atoms. The molecule has 13 nitrogen and oxygen atoms in total. The van der Waals surface area contributed by atoms with E-state index in [9.17, 15) is 14.9 Å². The van der Waals surface area contributed by atoms with Crippen molar-refractivity contribution in [2.24, 2.45) is 0 Å². The van der Waals surface area contributed by atoms with E-state index < -0.39 is 46.6 Å². The number of aromatic nitrogens is 4. The Morgan fingerprint density at radius 2 is 1.14 bits per heavy atom. The van der Waals surface area contributed by atoms with E-state index in [1.807, 2.05) is 182 Å². The van der Waals surface area contributed by atoms with Gasteiger partial charge in [-0.1, -0.05) is 194 Å². The molecule has 1 aliphatic heterocycles. The molecule has 2 aromatic heterocycles. The molecular formula is C58H49FN6O7. The third-order valence-corrected chi connectivity index (χ3v) is 12.9. The van der Waals surface area contributed by atoms with Gasteiger partial charge in [-0.25, -0.2) is 9.37 Å². The highest BCUT2D eigenvalue weighted by atomic mass is 19.1. The lowest BCUT2D eigenvalue weighted by Crippen LogP contribution is -2.43. The number of hydrogen-bond acceptors (Lipinski definition) is 10. The predicted molar refractivity (Wildman–Crippen MR) is 270 cm³/mol. The summed E-state index contributed by atoms with van der Waals surface area (Å²) in [5.41, 5.74) is 3.29. The van der Waals surface area contributed by atoms with Crippen molar-refractivity contribution in [1.29, 1.82) is 0 Å². The number of nitro benzene ring substituents is 1. The van der Waals surface area contributed by atoms with E-state index >= 15 is 4.39 Å². The molecule has 1 N–H and O–H groups in total. The molecule has 10 rings (SSSR count). The molecule has 0 aliphatic carbocycles. The van der Waals surface area contributed by atoms with Crippen LogP contribution in [-0.4, -0.2) is 61.9 Å². The molecule has 4 atom stereocenters. The van der Waals surface area contributed by atoms with Crippen LogP contribution in [0.3, 0.4) is 0 Å². The standard InChI is InChI=1S/C58H49FN6O7/c1-40(66)61-56-62-53-51(54(63-56)69-37-36-41-32-34-48(35-33-41)65(67)68)60-39-64(53)55-52(72-58(45-26-14-5-15-27-45,46-28-16-6-17-29-46)47-30-18-7-19-31-47)50(59)49(71-55)38-70-57(42-20-8-2-9-21-42,43-22-10-3-11-23-43)44-24-12-4-13-25-44/h2-35,39,49-50,52,55H,36-38H2,1H3,(H,61,62,63,66)/t49-,50-,52-,55-/m1/s1. The summed E-state index contributed by atoms with van der Waals surface area (Å²) in [7, 11) is 0. The highest BCUT2D eigenvalue weighted by Crippen LogP contribution is 2.48. The number of halogens is 1. The van der Waals surface area contributed by atoms with E-state index in [0.717, 1.165) is 38.9 Å². The van der Waals surface area contributed by atoms with E-state index in [1.54, 1.807) is 16.7 Å². The van der Waals surface area contributed by atoms with Crippen LogP contribution in [0.1, 0.15) is 52.1 Å². The number of carbonyl (C=O) groups is 1. The van der Waals surface area contributed by atoms with Crippen molar-refractivity contribution in [1.82, 2.24) is 19.5 Å². The van der Waals surface area contributed by atoms with Gasteiger partial charge >= 0.3 is 0 Å². The van der Waals surface area contributed by atoms with Gasteiger partial charge in [-0.3, -0.25) is 24.8 Å². The van der Waals surface area contributed by atoms with Gasteiger partial charge in [-0.2, -0.15) is 9.97 Å². The molecule has 9 aromatic rings. The number of amides is 1. The largest absolute Gasteiger partial charge is 0.476 e. The lowest BCUT2D eigenvalue weighted by Gasteiger charge is -2.39. The van der Waals surface area contributed by atoms with E-state index in [1.165, 1.54) is 25.4 Å². The van der Waals surface area contributed by atoms with Crippen LogP contribution in [0.25, 0.3) is 11.2 Å². The number of alkyl halides is 1. The summed E-state index contributed by atoms with van der Waals surface area (Å²) >= 11 is 0. The minimum absolute atomic E-state index is 0.0279. The van der Waals surface area contributed by atoms with Gasteiger partial charge in [0.1, 0.15) is 23.4 Å². The number of nitro groups is 1. The van der Waals surface area contributed by atoms with Crippen LogP contribution in [0.4, 0.5) is 16.0 Å². The van der Waals surface area contributed by atoms with Crippen molar-refractivity contribution in [2.45, 2.75) is 49.2 Å².